The maximum atomic E-state index is 12.5. The van der Waals surface area contributed by atoms with Gasteiger partial charge in [-0.15, -0.1) is 0 Å². The molecular weight excluding hydrogens is 334 g/mol. The Morgan fingerprint density at radius 3 is 2.44 bits per heavy atom. The van der Waals surface area contributed by atoms with E-state index >= 15 is 0 Å². The highest BCUT2D eigenvalue weighted by Crippen LogP contribution is 2.34. The second kappa shape index (κ2) is 6.59. The number of hydrogen-bond acceptors (Lipinski definition) is 5. The van der Waals surface area contributed by atoms with Gasteiger partial charge in [-0.25, -0.2) is 14.2 Å². The molecule has 4 rings (SSSR count). The van der Waals surface area contributed by atoms with E-state index in [1.165, 1.54) is 12.8 Å². The summed E-state index contributed by atoms with van der Waals surface area (Å²) in [5.41, 5.74) is 0.875. The van der Waals surface area contributed by atoms with Crippen LogP contribution < -0.4 is 4.90 Å². The lowest BCUT2D eigenvalue weighted by Gasteiger charge is -2.35. The zero-order chi connectivity index (χ0) is 17.4. The molecule has 0 amide bonds. The van der Waals surface area contributed by atoms with Crippen LogP contribution in [0.1, 0.15) is 38.5 Å². The summed E-state index contributed by atoms with van der Waals surface area (Å²) in [6, 6.07) is 2.48. The first-order valence-corrected chi connectivity index (χ1v) is 11.2. The number of nitrogens with one attached hydrogen (secondary N) is 2. The zero-order valence-corrected chi connectivity index (χ0v) is 15.6. The van der Waals surface area contributed by atoms with Crippen molar-refractivity contribution in [2.75, 3.05) is 23.5 Å². The summed E-state index contributed by atoms with van der Waals surface area (Å²) in [6.45, 7) is 0. The molecule has 2 aromatic heterocycles. The van der Waals surface area contributed by atoms with Gasteiger partial charge in [-0.3, -0.25) is 4.78 Å². The van der Waals surface area contributed by atoms with Crippen LogP contribution >= 0.6 is 0 Å². The van der Waals surface area contributed by atoms with Crippen molar-refractivity contribution in [3.05, 3.63) is 18.6 Å². The van der Waals surface area contributed by atoms with E-state index in [0.717, 1.165) is 42.5 Å². The molecule has 0 bridgehead atoms. The van der Waals surface area contributed by atoms with Crippen molar-refractivity contribution >= 4 is 26.6 Å². The molecule has 2 heterocycles. The third-order valence-corrected chi connectivity index (χ3v) is 7.76. The summed E-state index contributed by atoms with van der Waals surface area (Å²) in [5, 5.41) is 1.06. The molecule has 1 atom stereocenters. The normalized spacial score (nSPS) is 26.4. The van der Waals surface area contributed by atoms with Gasteiger partial charge in [0.25, 0.3) is 0 Å². The number of aromatic amines is 1. The number of anilines is 1. The summed E-state index contributed by atoms with van der Waals surface area (Å²) in [4.78, 5) is 14.2. The average molecular weight is 362 g/mol. The molecule has 0 saturated heterocycles. The highest BCUT2D eigenvalue weighted by Gasteiger charge is 2.30. The van der Waals surface area contributed by atoms with E-state index in [2.05, 4.69) is 26.9 Å². The maximum absolute atomic E-state index is 12.5. The van der Waals surface area contributed by atoms with Gasteiger partial charge in [-0.05, 0) is 56.4 Å². The predicted molar refractivity (Wildman–Crippen MR) is 101 cm³/mol. The Morgan fingerprint density at radius 1 is 1.16 bits per heavy atom. The molecule has 2 saturated carbocycles. The Hall–Kier alpha value is -1.63. The van der Waals surface area contributed by atoms with E-state index < -0.39 is 9.73 Å². The maximum Gasteiger partial charge on any atom is 0.142 e. The van der Waals surface area contributed by atoms with E-state index in [9.17, 15) is 4.21 Å². The summed E-state index contributed by atoms with van der Waals surface area (Å²) in [6.07, 6.45) is 10.2. The van der Waals surface area contributed by atoms with Crippen LogP contribution in [0.2, 0.25) is 0 Å². The third-order valence-electron chi connectivity index (χ3n) is 5.74. The average Bonchev–Trinajstić information content (AvgIpc) is 3.25. The molecule has 2 aromatic rings. The van der Waals surface area contributed by atoms with Gasteiger partial charge in [0.1, 0.15) is 17.8 Å². The third kappa shape index (κ3) is 3.81. The highest BCUT2D eigenvalue weighted by atomic mass is 32.2. The van der Waals surface area contributed by atoms with Gasteiger partial charge in [0.05, 0.1) is 5.39 Å². The molecular formula is C18H27N5OS. The van der Waals surface area contributed by atoms with E-state index in [4.69, 9.17) is 4.78 Å². The fraction of sp³-hybridized carbons (Fsp3) is 0.667. The summed E-state index contributed by atoms with van der Waals surface area (Å²) in [7, 11) is -0.256. The van der Waals surface area contributed by atoms with Crippen molar-refractivity contribution < 1.29 is 4.21 Å². The smallest absolute Gasteiger partial charge is 0.142 e. The topological polar surface area (TPSA) is 85.7 Å². The van der Waals surface area contributed by atoms with E-state index in [-0.39, 0.29) is 0 Å². The fourth-order valence-electron chi connectivity index (χ4n) is 4.13. The molecule has 2 aliphatic carbocycles. The zero-order valence-electron chi connectivity index (χ0n) is 14.8. The second-order valence-corrected chi connectivity index (χ2v) is 10.1. The minimum Gasteiger partial charge on any atom is -0.356 e. The Morgan fingerprint density at radius 2 is 1.80 bits per heavy atom. The van der Waals surface area contributed by atoms with Crippen molar-refractivity contribution in [1.82, 2.24) is 15.0 Å². The molecule has 7 heteroatoms. The van der Waals surface area contributed by atoms with Gasteiger partial charge in [0.15, 0.2) is 0 Å². The van der Waals surface area contributed by atoms with Gasteiger partial charge >= 0.3 is 0 Å². The molecule has 0 aliphatic heterocycles. The van der Waals surface area contributed by atoms with Crippen molar-refractivity contribution in [3.8, 4) is 0 Å². The van der Waals surface area contributed by atoms with Crippen LogP contribution in [-0.2, 0) is 9.73 Å². The number of nitrogens with zero attached hydrogens (tertiary/aromatic N) is 3. The van der Waals surface area contributed by atoms with Crippen molar-refractivity contribution in [3.63, 3.8) is 0 Å². The van der Waals surface area contributed by atoms with Gasteiger partial charge < -0.3 is 9.88 Å². The van der Waals surface area contributed by atoms with E-state index in [1.807, 2.05) is 12.3 Å². The van der Waals surface area contributed by atoms with Crippen LogP contribution in [0, 0.1) is 16.6 Å². The predicted octanol–water partition coefficient (Wildman–Crippen LogP) is 3.41. The summed E-state index contributed by atoms with van der Waals surface area (Å²) < 4.78 is 20.7. The minimum absolute atomic E-state index is 0.450. The van der Waals surface area contributed by atoms with Gasteiger partial charge in [-0.1, -0.05) is 0 Å². The number of aromatic nitrogens is 3. The minimum atomic E-state index is -2.37. The van der Waals surface area contributed by atoms with Crippen molar-refractivity contribution in [1.29, 1.82) is 4.78 Å². The molecule has 6 nitrogen and oxygen atoms in total. The van der Waals surface area contributed by atoms with Crippen molar-refractivity contribution in [2.24, 2.45) is 11.8 Å². The number of fused-ring (bicyclic) bond motifs is 1. The number of H-pyrrole nitrogens is 1. The molecule has 2 fully saturated rings. The lowest BCUT2D eigenvalue weighted by atomic mass is 9.86. The van der Waals surface area contributed by atoms with Crippen LogP contribution in [0.25, 0.3) is 11.0 Å². The van der Waals surface area contributed by atoms with Crippen LogP contribution in [0.3, 0.4) is 0 Å². The SMILES string of the molecule is CN(c1ncnc2[nH]ccc12)C1CCC(C[S@@](=N)(=O)CC2CC2)CC1. The van der Waals surface area contributed by atoms with E-state index in [0.29, 0.717) is 29.4 Å². The van der Waals surface area contributed by atoms with Crippen LogP contribution in [0.5, 0.6) is 0 Å². The number of hydrogen-bond donors (Lipinski definition) is 2. The molecule has 0 unspecified atom stereocenters. The van der Waals surface area contributed by atoms with Crippen LogP contribution in [0.15, 0.2) is 18.6 Å². The van der Waals surface area contributed by atoms with Crippen LogP contribution in [0.4, 0.5) is 5.82 Å². The van der Waals surface area contributed by atoms with Gasteiger partial charge in [-0.2, -0.15) is 0 Å². The summed E-state index contributed by atoms with van der Waals surface area (Å²) >= 11 is 0. The molecule has 136 valence electrons. The van der Waals surface area contributed by atoms with Crippen LogP contribution in [-0.4, -0.2) is 43.8 Å². The quantitative estimate of drug-likeness (QED) is 0.825. The lowest BCUT2D eigenvalue weighted by molar-refractivity contribution is 0.342. The Labute approximate surface area is 149 Å². The Kier molecular flexibility index (Phi) is 4.43. The molecule has 0 aromatic carbocycles. The Balaban J connectivity index is 1.37. The first-order chi connectivity index (χ1) is 12.0. The monoisotopic (exact) mass is 361 g/mol. The standard InChI is InChI=1S/C18H27N5OS/c1-23(18-16-8-9-20-17(16)21-12-22-18)15-6-4-14(5-7-15)11-25(19,24)10-13-2-3-13/h8-9,12-15,19H,2-7,10-11H2,1H3,(H,20,21,22)/t14?,15?,25-/m0/s1. The van der Waals surface area contributed by atoms with Crippen molar-refractivity contribution in [2.45, 2.75) is 44.6 Å². The largest absolute Gasteiger partial charge is 0.356 e. The second-order valence-electron chi connectivity index (χ2n) is 7.81. The molecule has 2 N–H and O–H groups in total. The molecule has 25 heavy (non-hydrogen) atoms. The molecule has 0 spiro atoms. The highest BCUT2D eigenvalue weighted by molar-refractivity contribution is 7.92. The Bertz CT molecular complexity index is 834. The van der Waals surface area contributed by atoms with Gasteiger partial charge in [0.2, 0.25) is 0 Å². The first kappa shape index (κ1) is 16.8. The lowest BCUT2D eigenvalue weighted by Crippen LogP contribution is -2.37. The first-order valence-electron chi connectivity index (χ1n) is 9.27. The number of rotatable bonds is 6. The molecule has 2 aliphatic rings. The van der Waals surface area contributed by atoms with E-state index in [1.54, 1.807) is 6.33 Å². The molecule has 0 radical (unpaired) electrons. The fourth-order valence-corrected chi connectivity index (χ4v) is 6.45. The van der Waals surface area contributed by atoms with Gasteiger partial charge in [0, 0.05) is 40.5 Å². The summed E-state index contributed by atoms with van der Waals surface area (Å²) in [5.74, 6) is 3.25.